The van der Waals surface area contributed by atoms with Crippen LogP contribution in [-0.2, 0) is 16.6 Å². The van der Waals surface area contributed by atoms with Crippen molar-refractivity contribution in [2.75, 3.05) is 7.05 Å². The highest BCUT2D eigenvalue weighted by atomic mass is 32.2. The van der Waals surface area contributed by atoms with Crippen molar-refractivity contribution >= 4 is 10.0 Å². The molecule has 1 aliphatic rings. The van der Waals surface area contributed by atoms with Crippen molar-refractivity contribution in [3.63, 3.8) is 0 Å². The predicted molar refractivity (Wildman–Crippen MR) is 78.5 cm³/mol. The minimum absolute atomic E-state index is 0.0852. The van der Waals surface area contributed by atoms with Crippen molar-refractivity contribution < 1.29 is 8.42 Å². The van der Waals surface area contributed by atoms with E-state index in [0.717, 1.165) is 25.7 Å². The van der Waals surface area contributed by atoms with Gasteiger partial charge >= 0.3 is 0 Å². The Labute approximate surface area is 121 Å². The molecule has 0 aromatic carbocycles. The Balaban J connectivity index is 2.25. The average molecular weight is 297 g/mol. The first-order chi connectivity index (χ1) is 9.46. The first kappa shape index (κ1) is 15.4. The van der Waals surface area contributed by atoms with Gasteiger partial charge in [0.15, 0.2) is 0 Å². The highest BCUT2D eigenvalue weighted by molar-refractivity contribution is 7.89. The van der Waals surface area contributed by atoms with E-state index in [9.17, 15) is 8.42 Å². The lowest BCUT2D eigenvalue weighted by atomic mass is 9.87. The van der Waals surface area contributed by atoms with Gasteiger partial charge in [0.1, 0.15) is 4.90 Å². The van der Waals surface area contributed by atoms with Gasteiger partial charge in [-0.15, -0.1) is 0 Å². The largest absolute Gasteiger partial charge is 0.325 e. The summed E-state index contributed by atoms with van der Waals surface area (Å²) >= 11 is 0. The topological polar surface area (TPSA) is 76.3 Å². The van der Waals surface area contributed by atoms with E-state index in [-0.39, 0.29) is 17.5 Å². The van der Waals surface area contributed by atoms with E-state index < -0.39 is 10.0 Å². The third-order valence-electron chi connectivity index (χ3n) is 4.20. The van der Waals surface area contributed by atoms with E-state index in [1.165, 1.54) is 4.31 Å². The molecule has 5 nitrogen and oxygen atoms in total. The van der Waals surface area contributed by atoms with Gasteiger partial charge in [0.05, 0.1) is 5.69 Å². The molecule has 1 aromatic heterocycles. The molecule has 2 rings (SSSR count). The number of sulfonamides is 1. The molecule has 1 aromatic rings. The molecule has 0 saturated heterocycles. The van der Waals surface area contributed by atoms with Gasteiger partial charge < -0.3 is 5.73 Å². The first-order valence-electron chi connectivity index (χ1n) is 7.08. The van der Waals surface area contributed by atoms with Crippen molar-refractivity contribution in [3.05, 3.63) is 24.0 Å². The van der Waals surface area contributed by atoms with Crippen LogP contribution in [0.1, 0.15) is 38.3 Å². The number of hydrogen-bond donors (Lipinski definition) is 1. The van der Waals surface area contributed by atoms with Crippen LogP contribution in [0.2, 0.25) is 0 Å². The zero-order valence-electron chi connectivity index (χ0n) is 12.1. The van der Waals surface area contributed by atoms with Gasteiger partial charge in [0.2, 0.25) is 10.0 Å². The fraction of sp³-hybridized carbons (Fsp3) is 0.643. The third-order valence-corrected chi connectivity index (χ3v) is 6.18. The van der Waals surface area contributed by atoms with E-state index in [1.807, 2.05) is 0 Å². The monoisotopic (exact) mass is 297 g/mol. The first-order valence-corrected chi connectivity index (χ1v) is 8.52. The molecule has 0 amide bonds. The Morgan fingerprint density at radius 1 is 1.35 bits per heavy atom. The average Bonchev–Trinajstić information content (AvgIpc) is 2.47. The predicted octanol–water partition coefficient (Wildman–Crippen LogP) is 1.74. The molecule has 112 valence electrons. The lowest BCUT2D eigenvalue weighted by molar-refractivity contribution is 0.246. The molecule has 1 fully saturated rings. The quantitative estimate of drug-likeness (QED) is 0.918. The highest BCUT2D eigenvalue weighted by Gasteiger charge is 2.31. The Bertz CT molecular complexity index is 551. The van der Waals surface area contributed by atoms with Crippen molar-refractivity contribution in [1.29, 1.82) is 0 Å². The van der Waals surface area contributed by atoms with Crippen molar-refractivity contribution in [3.8, 4) is 0 Å². The van der Waals surface area contributed by atoms with Gasteiger partial charge in [-0.2, -0.15) is 4.31 Å². The van der Waals surface area contributed by atoms with Crippen LogP contribution in [-0.4, -0.2) is 30.8 Å². The maximum absolute atomic E-state index is 12.7. The smallest absolute Gasteiger partial charge is 0.244 e. The standard InChI is InChI=1S/C14H23N3O2S/c1-11-5-7-12(8-6-11)17(2)20(18,19)14-4-3-9-16-13(14)10-15/h3-4,9,11-12H,5-8,10,15H2,1-2H3. The summed E-state index contributed by atoms with van der Waals surface area (Å²) in [6, 6.07) is 3.32. The molecule has 20 heavy (non-hydrogen) atoms. The molecule has 6 heteroatoms. The molecule has 0 spiro atoms. The molecule has 0 bridgehead atoms. The minimum atomic E-state index is -3.51. The summed E-state index contributed by atoms with van der Waals surface area (Å²) in [5, 5.41) is 0. The molecule has 0 atom stereocenters. The SMILES string of the molecule is CC1CCC(N(C)S(=O)(=O)c2cccnc2CN)CC1. The Morgan fingerprint density at radius 3 is 2.60 bits per heavy atom. The summed E-state index contributed by atoms with van der Waals surface area (Å²) in [4.78, 5) is 4.31. The molecular weight excluding hydrogens is 274 g/mol. The van der Waals surface area contributed by atoms with Crippen LogP contribution in [0, 0.1) is 5.92 Å². The number of nitrogens with zero attached hydrogens (tertiary/aromatic N) is 2. The van der Waals surface area contributed by atoms with Crippen molar-refractivity contribution in [2.24, 2.45) is 11.7 Å². The van der Waals surface area contributed by atoms with Gasteiger partial charge in [-0.05, 0) is 43.7 Å². The lowest BCUT2D eigenvalue weighted by Crippen LogP contribution is -2.39. The molecule has 0 aliphatic heterocycles. The van der Waals surface area contributed by atoms with Crippen LogP contribution in [0.4, 0.5) is 0 Å². The highest BCUT2D eigenvalue weighted by Crippen LogP contribution is 2.30. The maximum Gasteiger partial charge on any atom is 0.244 e. The van der Waals surface area contributed by atoms with E-state index in [0.29, 0.717) is 11.6 Å². The van der Waals surface area contributed by atoms with Gasteiger partial charge in [-0.3, -0.25) is 4.98 Å². The fourth-order valence-electron chi connectivity index (χ4n) is 2.77. The summed E-state index contributed by atoms with van der Waals surface area (Å²) in [5.74, 6) is 0.695. The second-order valence-corrected chi connectivity index (χ2v) is 7.55. The maximum atomic E-state index is 12.7. The van der Waals surface area contributed by atoms with Crippen LogP contribution < -0.4 is 5.73 Å². The van der Waals surface area contributed by atoms with Crippen molar-refractivity contribution in [2.45, 2.75) is 50.1 Å². The van der Waals surface area contributed by atoms with Crippen molar-refractivity contribution in [1.82, 2.24) is 9.29 Å². The summed E-state index contributed by atoms with van der Waals surface area (Å²) in [7, 11) is -1.84. The number of rotatable bonds is 4. The number of aromatic nitrogens is 1. The van der Waals surface area contributed by atoms with E-state index in [2.05, 4.69) is 11.9 Å². The zero-order valence-corrected chi connectivity index (χ0v) is 12.9. The fourth-order valence-corrected chi connectivity index (χ4v) is 4.37. The Kier molecular flexibility index (Phi) is 4.78. The minimum Gasteiger partial charge on any atom is -0.325 e. The second-order valence-electron chi connectivity index (χ2n) is 5.59. The summed E-state index contributed by atoms with van der Waals surface area (Å²) in [6.07, 6.45) is 5.59. The summed E-state index contributed by atoms with van der Waals surface area (Å²) in [5.41, 5.74) is 6.03. The van der Waals surface area contributed by atoms with Gasteiger partial charge in [0, 0.05) is 25.8 Å². The zero-order chi connectivity index (χ0) is 14.8. The summed E-state index contributed by atoms with van der Waals surface area (Å²) in [6.45, 7) is 2.35. The van der Waals surface area contributed by atoms with Crippen LogP contribution in [0.25, 0.3) is 0 Å². The van der Waals surface area contributed by atoms with E-state index in [1.54, 1.807) is 25.4 Å². The molecule has 1 heterocycles. The van der Waals surface area contributed by atoms with Crippen LogP contribution in [0.15, 0.2) is 23.2 Å². The molecule has 1 aliphatic carbocycles. The normalized spacial score (nSPS) is 24.0. The molecular formula is C14H23N3O2S. The van der Waals surface area contributed by atoms with Gasteiger partial charge in [-0.25, -0.2) is 8.42 Å². The molecule has 1 saturated carbocycles. The third kappa shape index (κ3) is 3.02. The number of nitrogens with two attached hydrogens (primary N) is 1. The van der Waals surface area contributed by atoms with E-state index in [4.69, 9.17) is 5.73 Å². The molecule has 0 unspecified atom stereocenters. The number of hydrogen-bond acceptors (Lipinski definition) is 4. The van der Waals surface area contributed by atoms with Crippen LogP contribution in [0.5, 0.6) is 0 Å². The molecule has 0 radical (unpaired) electrons. The number of pyridine rings is 1. The Morgan fingerprint density at radius 2 is 2.00 bits per heavy atom. The Hall–Kier alpha value is -0.980. The second kappa shape index (κ2) is 6.20. The summed E-state index contributed by atoms with van der Waals surface area (Å²) < 4.78 is 27.0. The van der Waals surface area contributed by atoms with Crippen LogP contribution >= 0.6 is 0 Å². The van der Waals surface area contributed by atoms with Crippen LogP contribution in [0.3, 0.4) is 0 Å². The lowest BCUT2D eigenvalue weighted by Gasteiger charge is -2.33. The van der Waals surface area contributed by atoms with E-state index >= 15 is 0 Å². The van der Waals surface area contributed by atoms with Gasteiger partial charge in [-0.1, -0.05) is 6.92 Å². The van der Waals surface area contributed by atoms with Gasteiger partial charge in [0.25, 0.3) is 0 Å². The molecule has 2 N–H and O–H groups in total.